The van der Waals surface area contributed by atoms with Crippen molar-refractivity contribution in [2.75, 3.05) is 50.5 Å². The Morgan fingerprint density at radius 3 is 2.80 bits per heavy atom. The quantitative estimate of drug-likeness (QED) is 0.913. The molecule has 1 saturated heterocycles. The van der Waals surface area contributed by atoms with Gasteiger partial charge in [-0.3, -0.25) is 0 Å². The largest absolute Gasteiger partial charge is 0.385 e. The van der Waals surface area contributed by atoms with Gasteiger partial charge in [0.2, 0.25) is 0 Å². The van der Waals surface area contributed by atoms with Crippen LogP contribution in [0.1, 0.15) is 24.8 Å². The van der Waals surface area contributed by atoms with Crippen molar-refractivity contribution in [1.82, 2.24) is 4.90 Å². The normalized spacial score (nSPS) is 19.9. The maximum atomic E-state index is 3.50. The third-order valence-electron chi connectivity index (χ3n) is 4.63. The van der Waals surface area contributed by atoms with Crippen molar-refractivity contribution in [3.05, 3.63) is 23.8 Å². The lowest BCUT2D eigenvalue weighted by atomic mass is 9.95. The van der Waals surface area contributed by atoms with Crippen LogP contribution < -0.4 is 10.2 Å². The molecule has 0 atom stereocenters. The van der Waals surface area contributed by atoms with Gasteiger partial charge in [0.05, 0.1) is 0 Å². The molecule has 0 unspecified atom stereocenters. The number of hydrogen-bond acceptors (Lipinski definition) is 3. The average Bonchev–Trinajstić information content (AvgIpc) is 2.47. The molecule has 0 saturated carbocycles. The fourth-order valence-corrected chi connectivity index (χ4v) is 3.55. The Morgan fingerprint density at radius 1 is 1.25 bits per heavy atom. The Balaban J connectivity index is 1.63. The standard InChI is InChI=1S/C17H27N3/c1-19(2)13-14-7-10-20(11-8-14)16-5-6-17-15(12-16)4-3-9-18-17/h5-6,12,14,18H,3-4,7-11,13H2,1-2H3. The van der Waals surface area contributed by atoms with Gasteiger partial charge in [-0.15, -0.1) is 0 Å². The highest BCUT2D eigenvalue weighted by atomic mass is 15.1. The minimum atomic E-state index is 0.876. The number of anilines is 2. The van der Waals surface area contributed by atoms with Crippen LogP contribution >= 0.6 is 0 Å². The number of aryl methyl sites for hydroxylation is 1. The van der Waals surface area contributed by atoms with Gasteiger partial charge < -0.3 is 15.1 Å². The van der Waals surface area contributed by atoms with E-state index in [9.17, 15) is 0 Å². The Labute approximate surface area is 123 Å². The summed E-state index contributed by atoms with van der Waals surface area (Å²) in [6, 6.07) is 6.98. The van der Waals surface area contributed by atoms with Gasteiger partial charge in [0, 0.05) is 37.6 Å². The van der Waals surface area contributed by atoms with Crippen molar-refractivity contribution in [2.24, 2.45) is 5.92 Å². The van der Waals surface area contributed by atoms with Gasteiger partial charge >= 0.3 is 0 Å². The third-order valence-corrected chi connectivity index (χ3v) is 4.63. The molecule has 20 heavy (non-hydrogen) atoms. The summed E-state index contributed by atoms with van der Waals surface area (Å²) in [4.78, 5) is 4.89. The molecule has 3 heteroatoms. The first kappa shape index (κ1) is 13.7. The van der Waals surface area contributed by atoms with Crippen LogP contribution in [-0.2, 0) is 6.42 Å². The second kappa shape index (κ2) is 6.04. The molecule has 0 amide bonds. The number of nitrogens with zero attached hydrogens (tertiary/aromatic N) is 2. The van der Waals surface area contributed by atoms with Crippen LogP contribution in [-0.4, -0.2) is 45.2 Å². The molecule has 1 aromatic rings. The van der Waals surface area contributed by atoms with Gasteiger partial charge in [0.25, 0.3) is 0 Å². The highest BCUT2D eigenvalue weighted by Gasteiger charge is 2.20. The first-order chi connectivity index (χ1) is 9.72. The first-order valence-corrected chi connectivity index (χ1v) is 7.99. The zero-order valence-electron chi connectivity index (χ0n) is 12.9. The molecule has 2 heterocycles. The SMILES string of the molecule is CN(C)CC1CCN(c2ccc3c(c2)CCCN3)CC1. The zero-order chi connectivity index (χ0) is 13.9. The van der Waals surface area contributed by atoms with Crippen molar-refractivity contribution in [2.45, 2.75) is 25.7 Å². The molecule has 3 nitrogen and oxygen atoms in total. The molecule has 0 bridgehead atoms. The van der Waals surface area contributed by atoms with Crippen molar-refractivity contribution in [3.8, 4) is 0 Å². The number of benzene rings is 1. The second-order valence-electron chi connectivity index (χ2n) is 6.56. The van der Waals surface area contributed by atoms with E-state index in [0.29, 0.717) is 0 Å². The summed E-state index contributed by atoms with van der Waals surface area (Å²) in [5.74, 6) is 0.876. The average molecular weight is 273 g/mol. The molecule has 110 valence electrons. The monoisotopic (exact) mass is 273 g/mol. The molecule has 2 aliphatic rings. The highest BCUT2D eigenvalue weighted by molar-refractivity contribution is 5.61. The van der Waals surface area contributed by atoms with E-state index in [0.717, 1.165) is 12.5 Å². The predicted molar refractivity (Wildman–Crippen MR) is 86.7 cm³/mol. The van der Waals surface area contributed by atoms with Crippen LogP contribution in [0.25, 0.3) is 0 Å². The van der Waals surface area contributed by atoms with E-state index in [1.165, 1.54) is 62.3 Å². The van der Waals surface area contributed by atoms with Gasteiger partial charge in [-0.25, -0.2) is 0 Å². The summed E-state index contributed by atoms with van der Waals surface area (Å²) in [6.07, 6.45) is 5.15. The van der Waals surface area contributed by atoms with Crippen LogP contribution in [0.3, 0.4) is 0 Å². The van der Waals surface area contributed by atoms with Crippen LogP contribution in [0.4, 0.5) is 11.4 Å². The molecular formula is C17H27N3. The van der Waals surface area contributed by atoms with E-state index >= 15 is 0 Å². The molecular weight excluding hydrogens is 246 g/mol. The molecule has 3 rings (SSSR count). The topological polar surface area (TPSA) is 18.5 Å². The van der Waals surface area contributed by atoms with E-state index in [1.807, 2.05) is 0 Å². The van der Waals surface area contributed by atoms with Gasteiger partial charge in [0.15, 0.2) is 0 Å². The number of rotatable bonds is 3. The van der Waals surface area contributed by atoms with E-state index in [4.69, 9.17) is 0 Å². The van der Waals surface area contributed by atoms with Gasteiger partial charge in [-0.2, -0.15) is 0 Å². The minimum Gasteiger partial charge on any atom is -0.385 e. The van der Waals surface area contributed by atoms with Crippen molar-refractivity contribution in [1.29, 1.82) is 0 Å². The fraction of sp³-hybridized carbons (Fsp3) is 0.647. The van der Waals surface area contributed by atoms with E-state index < -0.39 is 0 Å². The lowest BCUT2D eigenvalue weighted by Crippen LogP contribution is -2.37. The number of fused-ring (bicyclic) bond motifs is 1. The smallest absolute Gasteiger partial charge is 0.0374 e. The maximum Gasteiger partial charge on any atom is 0.0374 e. The van der Waals surface area contributed by atoms with Gasteiger partial charge in [0.1, 0.15) is 0 Å². The number of nitrogens with one attached hydrogen (secondary N) is 1. The summed E-state index contributed by atoms with van der Waals surface area (Å²) in [5.41, 5.74) is 4.28. The number of hydrogen-bond donors (Lipinski definition) is 1. The molecule has 1 N–H and O–H groups in total. The third kappa shape index (κ3) is 3.09. The minimum absolute atomic E-state index is 0.876. The molecule has 0 radical (unpaired) electrons. The number of piperidine rings is 1. The summed E-state index contributed by atoms with van der Waals surface area (Å²) in [6.45, 7) is 4.79. The van der Waals surface area contributed by atoms with Crippen LogP contribution in [0.15, 0.2) is 18.2 Å². The van der Waals surface area contributed by atoms with E-state index in [1.54, 1.807) is 0 Å². The maximum absolute atomic E-state index is 3.50. The fourth-order valence-electron chi connectivity index (χ4n) is 3.55. The van der Waals surface area contributed by atoms with Crippen LogP contribution in [0.5, 0.6) is 0 Å². The molecule has 1 aromatic carbocycles. The molecule has 2 aliphatic heterocycles. The molecule has 0 aromatic heterocycles. The zero-order valence-corrected chi connectivity index (χ0v) is 12.9. The van der Waals surface area contributed by atoms with Crippen molar-refractivity contribution in [3.63, 3.8) is 0 Å². The molecule has 0 spiro atoms. The van der Waals surface area contributed by atoms with Crippen molar-refractivity contribution < 1.29 is 0 Å². The van der Waals surface area contributed by atoms with Gasteiger partial charge in [-0.05, 0) is 69.5 Å². The summed E-state index contributed by atoms with van der Waals surface area (Å²) in [5, 5.41) is 3.50. The lowest BCUT2D eigenvalue weighted by Gasteiger charge is -2.35. The van der Waals surface area contributed by atoms with Crippen molar-refractivity contribution >= 4 is 11.4 Å². The second-order valence-corrected chi connectivity index (χ2v) is 6.56. The van der Waals surface area contributed by atoms with Crippen LogP contribution in [0.2, 0.25) is 0 Å². The summed E-state index contributed by atoms with van der Waals surface area (Å²) < 4.78 is 0. The lowest BCUT2D eigenvalue weighted by molar-refractivity contribution is 0.285. The Morgan fingerprint density at radius 2 is 2.05 bits per heavy atom. The Kier molecular flexibility index (Phi) is 4.16. The van der Waals surface area contributed by atoms with E-state index in [2.05, 4.69) is 47.4 Å². The van der Waals surface area contributed by atoms with Gasteiger partial charge in [-0.1, -0.05) is 0 Å². The molecule has 1 fully saturated rings. The Hall–Kier alpha value is -1.22. The highest BCUT2D eigenvalue weighted by Crippen LogP contribution is 2.29. The Bertz CT molecular complexity index is 448. The van der Waals surface area contributed by atoms with E-state index in [-0.39, 0.29) is 0 Å². The predicted octanol–water partition coefficient (Wildman–Crippen LogP) is 2.82. The molecule has 0 aliphatic carbocycles. The summed E-state index contributed by atoms with van der Waals surface area (Å²) in [7, 11) is 4.37. The first-order valence-electron chi connectivity index (χ1n) is 7.99. The van der Waals surface area contributed by atoms with Crippen LogP contribution in [0, 0.1) is 5.92 Å². The summed E-state index contributed by atoms with van der Waals surface area (Å²) >= 11 is 0.